The molecule has 0 saturated carbocycles. The van der Waals surface area contributed by atoms with Crippen molar-refractivity contribution in [3.63, 3.8) is 0 Å². The van der Waals surface area contributed by atoms with Crippen LogP contribution in [0.15, 0.2) is 60.8 Å². The minimum atomic E-state index is -0.968. The van der Waals surface area contributed by atoms with Gasteiger partial charge in [0.25, 0.3) is 0 Å². The largest absolute Gasteiger partial charge is 0.494 e. The van der Waals surface area contributed by atoms with Crippen LogP contribution >= 0.6 is 0 Å². The molecule has 2 aromatic carbocycles. The SMILES string of the molecule is CC1(C)OB(c2ccc(-c3nc4cc(C(=O)O)ccc4n4cccc34)cc2)OC1(C)C. The van der Waals surface area contributed by atoms with E-state index in [1.54, 1.807) is 18.2 Å². The number of carboxylic acids is 1. The third-order valence-electron chi connectivity index (χ3n) is 6.42. The van der Waals surface area contributed by atoms with Gasteiger partial charge >= 0.3 is 13.1 Å². The second-order valence-corrected chi connectivity index (χ2v) is 8.94. The van der Waals surface area contributed by atoms with Crippen molar-refractivity contribution in [3.05, 3.63) is 66.4 Å². The summed E-state index contributed by atoms with van der Waals surface area (Å²) in [4.78, 5) is 16.2. The van der Waals surface area contributed by atoms with Crippen LogP contribution in [0.2, 0.25) is 0 Å². The van der Waals surface area contributed by atoms with Gasteiger partial charge in [0, 0.05) is 11.8 Å². The Hall–Kier alpha value is -3.16. The van der Waals surface area contributed by atoms with Gasteiger partial charge in [0.2, 0.25) is 0 Å². The highest BCUT2D eigenvalue weighted by atomic mass is 16.7. The van der Waals surface area contributed by atoms with Crippen LogP contribution in [-0.4, -0.2) is 38.8 Å². The van der Waals surface area contributed by atoms with Crippen LogP contribution in [-0.2, 0) is 9.31 Å². The standard InChI is InChI=1S/C24H23BN2O4/c1-23(2)24(3,4)31-25(30-23)17-10-7-15(8-11-17)21-20-6-5-13-27(20)19-12-9-16(22(28)29)14-18(19)26-21/h5-14H,1-4H3,(H,28,29). The maximum Gasteiger partial charge on any atom is 0.494 e. The summed E-state index contributed by atoms with van der Waals surface area (Å²) in [6.07, 6.45) is 1.96. The van der Waals surface area contributed by atoms with Crippen LogP contribution in [0.5, 0.6) is 0 Å². The lowest BCUT2D eigenvalue weighted by atomic mass is 9.79. The van der Waals surface area contributed by atoms with Crippen LogP contribution in [0.1, 0.15) is 38.1 Å². The summed E-state index contributed by atoms with van der Waals surface area (Å²) in [6, 6.07) is 17.0. The molecule has 31 heavy (non-hydrogen) atoms. The van der Waals surface area contributed by atoms with Crippen LogP contribution in [0.3, 0.4) is 0 Å². The van der Waals surface area contributed by atoms with E-state index < -0.39 is 24.3 Å². The average molecular weight is 414 g/mol. The highest BCUT2D eigenvalue weighted by molar-refractivity contribution is 6.62. The third kappa shape index (κ3) is 3.12. The zero-order valence-corrected chi connectivity index (χ0v) is 17.9. The fourth-order valence-corrected chi connectivity index (χ4v) is 3.90. The number of benzene rings is 2. The molecule has 1 saturated heterocycles. The van der Waals surface area contributed by atoms with Crippen molar-refractivity contribution in [2.45, 2.75) is 38.9 Å². The van der Waals surface area contributed by atoms with Crippen LogP contribution < -0.4 is 5.46 Å². The number of aromatic nitrogens is 2. The Kier molecular flexibility index (Phi) is 4.26. The van der Waals surface area contributed by atoms with Gasteiger partial charge in [-0.2, -0.15) is 0 Å². The molecule has 5 rings (SSSR count). The molecule has 7 heteroatoms. The molecule has 1 N–H and O–H groups in total. The Morgan fingerprint density at radius 1 is 0.968 bits per heavy atom. The smallest absolute Gasteiger partial charge is 0.478 e. The Bertz CT molecular complexity index is 1310. The van der Waals surface area contributed by atoms with Crippen molar-refractivity contribution in [2.75, 3.05) is 0 Å². The van der Waals surface area contributed by atoms with E-state index >= 15 is 0 Å². The van der Waals surface area contributed by atoms with E-state index in [4.69, 9.17) is 14.3 Å². The van der Waals surface area contributed by atoms with E-state index in [1.807, 2.05) is 74.7 Å². The predicted octanol–water partition coefficient (Wildman–Crippen LogP) is 4.15. The molecule has 0 bridgehead atoms. The van der Waals surface area contributed by atoms with Crippen molar-refractivity contribution in [1.82, 2.24) is 9.38 Å². The van der Waals surface area contributed by atoms with Crippen molar-refractivity contribution < 1.29 is 19.2 Å². The molecule has 1 aliphatic rings. The maximum absolute atomic E-state index is 11.4. The van der Waals surface area contributed by atoms with Gasteiger partial charge in [0.15, 0.2) is 0 Å². The summed E-state index contributed by atoms with van der Waals surface area (Å²) in [7, 11) is -0.421. The number of aromatic carboxylic acids is 1. The average Bonchev–Trinajstić information content (AvgIpc) is 3.29. The van der Waals surface area contributed by atoms with Gasteiger partial charge in [0.1, 0.15) is 0 Å². The third-order valence-corrected chi connectivity index (χ3v) is 6.42. The van der Waals surface area contributed by atoms with E-state index in [9.17, 15) is 9.90 Å². The number of rotatable bonds is 3. The lowest BCUT2D eigenvalue weighted by molar-refractivity contribution is 0.00578. The quantitative estimate of drug-likeness (QED) is 0.510. The summed E-state index contributed by atoms with van der Waals surface area (Å²) in [5.74, 6) is -0.968. The molecule has 0 atom stereocenters. The molecule has 0 unspecified atom stereocenters. The van der Waals surface area contributed by atoms with Gasteiger partial charge in [-0.15, -0.1) is 0 Å². The molecule has 0 amide bonds. The van der Waals surface area contributed by atoms with E-state index in [0.29, 0.717) is 5.52 Å². The monoisotopic (exact) mass is 414 g/mol. The summed E-state index contributed by atoms with van der Waals surface area (Å²) < 4.78 is 14.3. The number of carbonyl (C=O) groups is 1. The first-order valence-corrected chi connectivity index (χ1v) is 10.3. The second-order valence-electron chi connectivity index (χ2n) is 8.94. The number of fused-ring (bicyclic) bond motifs is 3. The molecule has 2 aromatic heterocycles. The lowest BCUT2D eigenvalue weighted by Gasteiger charge is -2.32. The first-order chi connectivity index (χ1) is 14.7. The molecule has 3 heterocycles. The molecular weight excluding hydrogens is 391 g/mol. The van der Waals surface area contributed by atoms with Gasteiger partial charge < -0.3 is 18.8 Å². The molecule has 0 radical (unpaired) electrons. The van der Waals surface area contributed by atoms with Gasteiger partial charge in [-0.3, -0.25) is 0 Å². The highest BCUT2D eigenvalue weighted by Gasteiger charge is 2.51. The normalized spacial score (nSPS) is 17.5. The molecule has 4 aromatic rings. The number of carboxylic acid groups (broad SMARTS) is 1. The predicted molar refractivity (Wildman–Crippen MR) is 121 cm³/mol. The molecular formula is C24H23BN2O4. The molecule has 1 fully saturated rings. The topological polar surface area (TPSA) is 73.1 Å². The molecule has 0 aliphatic carbocycles. The second kappa shape index (κ2) is 6.67. The summed E-state index contributed by atoms with van der Waals surface area (Å²) in [5.41, 5.74) is 4.56. The zero-order chi connectivity index (χ0) is 22.0. The lowest BCUT2D eigenvalue weighted by Crippen LogP contribution is -2.41. The van der Waals surface area contributed by atoms with E-state index in [1.165, 1.54) is 0 Å². The molecule has 156 valence electrons. The van der Waals surface area contributed by atoms with Gasteiger partial charge in [-0.05, 0) is 63.5 Å². The van der Waals surface area contributed by atoms with E-state index in [2.05, 4.69) is 0 Å². The maximum atomic E-state index is 11.4. The first kappa shape index (κ1) is 19.8. The molecule has 1 aliphatic heterocycles. The molecule has 6 nitrogen and oxygen atoms in total. The number of hydrogen-bond donors (Lipinski definition) is 1. The van der Waals surface area contributed by atoms with Crippen LogP contribution in [0, 0.1) is 0 Å². The Morgan fingerprint density at radius 3 is 2.29 bits per heavy atom. The Morgan fingerprint density at radius 2 is 1.65 bits per heavy atom. The first-order valence-electron chi connectivity index (χ1n) is 10.3. The van der Waals surface area contributed by atoms with Crippen molar-refractivity contribution in [1.29, 1.82) is 0 Å². The summed E-state index contributed by atoms with van der Waals surface area (Å²) in [6.45, 7) is 8.15. The summed E-state index contributed by atoms with van der Waals surface area (Å²) in [5, 5.41) is 9.35. The van der Waals surface area contributed by atoms with Gasteiger partial charge in [0.05, 0.1) is 39.0 Å². The van der Waals surface area contributed by atoms with Crippen LogP contribution in [0.25, 0.3) is 27.8 Å². The summed E-state index contributed by atoms with van der Waals surface area (Å²) >= 11 is 0. The number of hydrogen-bond acceptors (Lipinski definition) is 4. The van der Waals surface area contributed by atoms with E-state index in [-0.39, 0.29) is 5.56 Å². The fourth-order valence-electron chi connectivity index (χ4n) is 3.90. The van der Waals surface area contributed by atoms with Gasteiger partial charge in [-0.25, -0.2) is 9.78 Å². The van der Waals surface area contributed by atoms with E-state index in [0.717, 1.165) is 27.8 Å². The van der Waals surface area contributed by atoms with Crippen molar-refractivity contribution >= 4 is 35.1 Å². The Balaban J connectivity index is 1.57. The molecule has 0 spiro atoms. The minimum Gasteiger partial charge on any atom is -0.478 e. The van der Waals surface area contributed by atoms with Crippen molar-refractivity contribution in [3.8, 4) is 11.3 Å². The fraction of sp³-hybridized carbons (Fsp3) is 0.250. The highest BCUT2D eigenvalue weighted by Crippen LogP contribution is 2.36. The van der Waals surface area contributed by atoms with Gasteiger partial charge in [-0.1, -0.05) is 24.3 Å². The zero-order valence-electron chi connectivity index (χ0n) is 17.9. The Labute approximate surface area is 180 Å². The van der Waals surface area contributed by atoms with Crippen LogP contribution in [0.4, 0.5) is 0 Å². The number of nitrogens with zero attached hydrogens (tertiary/aromatic N) is 2. The minimum absolute atomic E-state index is 0.216. The van der Waals surface area contributed by atoms with Crippen molar-refractivity contribution in [2.24, 2.45) is 0 Å².